The van der Waals surface area contributed by atoms with E-state index in [1.54, 1.807) is 0 Å². The summed E-state index contributed by atoms with van der Waals surface area (Å²) in [5.74, 6) is 3.26. The SMILES string of the molecule is CCC(C)(C)c1cc(C23CC4CC(CC(C4)C2)C3)c(O)c(C(C)(C)CC)c1O. The van der Waals surface area contributed by atoms with Crippen LogP contribution in [-0.2, 0) is 16.2 Å². The second kappa shape index (κ2) is 6.41. The van der Waals surface area contributed by atoms with Crippen LogP contribution in [0.2, 0.25) is 0 Å². The Hall–Kier alpha value is -1.18. The first-order valence-electron chi connectivity index (χ1n) is 11.6. The van der Waals surface area contributed by atoms with Gasteiger partial charge < -0.3 is 10.2 Å². The zero-order chi connectivity index (χ0) is 20.5. The maximum absolute atomic E-state index is 11.6. The van der Waals surface area contributed by atoms with Crippen molar-refractivity contribution < 1.29 is 10.2 Å². The fraction of sp³-hybridized carbons (Fsp3) is 0.769. The van der Waals surface area contributed by atoms with Crippen LogP contribution in [0, 0.1) is 17.8 Å². The molecule has 4 bridgehead atoms. The first-order chi connectivity index (χ1) is 13.0. The molecule has 0 saturated heterocycles. The third-order valence-corrected chi connectivity index (χ3v) is 9.06. The van der Waals surface area contributed by atoms with E-state index in [-0.39, 0.29) is 16.2 Å². The van der Waals surface area contributed by atoms with E-state index in [9.17, 15) is 10.2 Å². The highest BCUT2D eigenvalue weighted by molar-refractivity contribution is 5.60. The monoisotopic (exact) mass is 384 g/mol. The van der Waals surface area contributed by atoms with Gasteiger partial charge in [-0.15, -0.1) is 0 Å². The lowest BCUT2D eigenvalue weighted by molar-refractivity contribution is -0.00633. The normalized spacial score (nSPS) is 32.1. The largest absolute Gasteiger partial charge is 0.507 e. The quantitative estimate of drug-likeness (QED) is 0.577. The summed E-state index contributed by atoms with van der Waals surface area (Å²) in [4.78, 5) is 0. The van der Waals surface area contributed by atoms with Crippen molar-refractivity contribution in [3.05, 3.63) is 22.8 Å². The van der Waals surface area contributed by atoms with Crippen molar-refractivity contribution in [2.45, 2.75) is 109 Å². The molecule has 1 aromatic rings. The summed E-state index contributed by atoms with van der Waals surface area (Å²) in [6, 6.07) is 2.22. The lowest BCUT2D eigenvalue weighted by Gasteiger charge is -2.57. The summed E-state index contributed by atoms with van der Waals surface area (Å²) in [6.45, 7) is 13.1. The fourth-order valence-electron chi connectivity index (χ4n) is 7.03. The van der Waals surface area contributed by atoms with Gasteiger partial charge in [-0.05, 0) is 91.4 Å². The molecule has 2 nitrogen and oxygen atoms in total. The van der Waals surface area contributed by atoms with E-state index in [0.717, 1.165) is 47.3 Å². The molecule has 156 valence electrons. The predicted octanol–water partition coefficient (Wildman–Crippen LogP) is 6.94. The molecule has 5 rings (SSSR count). The van der Waals surface area contributed by atoms with Crippen molar-refractivity contribution in [2.75, 3.05) is 0 Å². The summed E-state index contributed by atoms with van der Waals surface area (Å²) in [7, 11) is 0. The first-order valence-corrected chi connectivity index (χ1v) is 11.6. The molecule has 2 N–H and O–H groups in total. The van der Waals surface area contributed by atoms with Crippen molar-refractivity contribution in [3.8, 4) is 11.5 Å². The van der Waals surface area contributed by atoms with Gasteiger partial charge in [0.2, 0.25) is 0 Å². The molecule has 28 heavy (non-hydrogen) atoms. The Morgan fingerprint density at radius 1 is 0.821 bits per heavy atom. The van der Waals surface area contributed by atoms with Gasteiger partial charge in [-0.2, -0.15) is 0 Å². The number of hydrogen-bond donors (Lipinski definition) is 2. The molecule has 2 heteroatoms. The average molecular weight is 385 g/mol. The summed E-state index contributed by atoms with van der Waals surface area (Å²) in [5, 5.41) is 22.9. The molecule has 0 amide bonds. The zero-order valence-corrected chi connectivity index (χ0v) is 18.9. The van der Waals surface area contributed by atoms with E-state index < -0.39 is 0 Å². The van der Waals surface area contributed by atoms with Crippen LogP contribution in [-0.4, -0.2) is 10.2 Å². The van der Waals surface area contributed by atoms with E-state index in [1.165, 1.54) is 38.5 Å². The molecule has 0 spiro atoms. The van der Waals surface area contributed by atoms with Crippen LogP contribution < -0.4 is 0 Å². The summed E-state index contributed by atoms with van der Waals surface area (Å²) in [6.07, 6.45) is 9.76. The minimum Gasteiger partial charge on any atom is -0.507 e. The third-order valence-electron chi connectivity index (χ3n) is 9.06. The van der Waals surface area contributed by atoms with Gasteiger partial charge in [-0.1, -0.05) is 41.5 Å². The van der Waals surface area contributed by atoms with Gasteiger partial charge in [-0.3, -0.25) is 0 Å². The van der Waals surface area contributed by atoms with Crippen molar-refractivity contribution in [1.29, 1.82) is 0 Å². The number of hydrogen-bond acceptors (Lipinski definition) is 2. The second-order valence-corrected chi connectivity index (χ2v) is 11.7. The highest BCUT2D eigenvalue weighted by atomic mass is 16.3. The molecule has 0 aromatic heterocycles. The molecule has 4 saturated carbocycles. The van der Waals surface area contributed by atoms with E-state index in [4.69, 9.17) is 0 Å². The van der Waals surface area contributed by atoms with Gasteiger partial charge in [0.25, 0.3) is 0 Å². The van der Waals surface area contributed by atoms with Gasteiger partial charge in [0.05, 0.1) is 0 Å². The van der Waals surface area contributed by atoms with E-state index >= 15 is 0 Å². The van der Waals surface area contributed by atoms with Crippen LogP contribution in [0.4, 0.5) is 0 Å². The van der Waals surface area contributed by atoms with E-state index in [1.807, 2.05) is 0 Å². The van der Waals surface area contributed by atoms with E-state index in [0.29, 0.717) is 11.5 Å². The first kappa shape index (κ1) is 20.1. The summed E-state index contributed by atoms with van der Waals surface area (Å²) >= 11 is 0. The highest BCUT2D eigenvalue weighted by Gasteiger charge is 2.53. The topological polar surface area (TPSA) is 40.5 Å². The number of aromatic hydroxyl groups is 2. The Morgan fingerprint density at radius 3 is 1.71 bits per heavy atom. The lowest BCUT2D eigenvalue weighted by atomic mass is 9.47. The molecular weight excluding hydrogens is 344 g/mol. The van der Waals surface area contributed by atoms with Gasteiger partial charge in [0.1, 0.15) is 11.5 Å². The molecule has 0 unspecified atom stereocenters. The minimum atomic E-state index is -0.245. The van der Waals surface area contributed by atoms with Gasteiger partial charge in [0, 0.05) is 16.7 Å². The van der Waals surface area contributed by atoms with Crippen molar-refractivity contribution in [1.82, 2.24) is 0 Å². The van der Waals surface area contributed by atoms with Gasteiger partial charge >= 0.3 is 0 Å². The van der Waals surface area contributed by atoms with Gasteiger partial charge in [0.15, 0.2) is 0 Å². The molecule has 4 aliphatic rings. The molecule has 0 radical (unpaired) electrons. The molecule has 1 aromatic carbocycles. The molecule has 0 heterocycles. The van der Waals surface area contributed by atoms with E-state index in [2.05, 4.69) is 47.6 Å². The van der Waals surface area contributed by atoms with Crippen LogP contribution in [0.3, 0.4) is 0 Å². The Morgan fingerprint density at radius 2 is 1.29 bits per heavy atom. The van der Waals surface area contributed by atoms with Crippen LogP contribution in [0.5, 0.6) is 11.5 Å². The Kier molecular flexibility index (Phi) is 4.60. The third kappa shape index (κ3) is 2.89. The standard InChI is InChI=1S/C26H40O2/c1-7-24(3,4)19-12-20(23(28)21(22(19)27)25(5,6)8-2)26-13-16-9-17(14-26)11-18(10-16)15-26/h12,16-18,27-28H,7-11,13-15H2,1-6H3. The maximum atomic E-state index is 11.6. The number of rotatable bonds is 5. The molecule has 0 atom stereocenters. The van der Waals surface area contributed by atoms with Crippen LogP contribution in [0.15, 0.2) is 6.07 Å². The van der Waals surface area contributed by atoms with Crippen molar-refractivity contribution in [2.24, 2.45) is 17.8 Å². The Labute approximate surface area is 171 Å². The molecule has 4 aliphatic carbocycles. The molecular formula is C26H40O2. The summed E-state index contributed by atoms with van der Waals surface area (Å²) < 4.78 is 0. The molecule has 0 aliphatic heterocycles. The zero-order valence-electron chi connectivity index (χ0n) is 18.9. The molecule has 4 fully saturated rings. The number of phenolic OH excluding ortho intramolecular Hbond substituents is 2. The minimum absolute atomic E-state index is 0.104. The lowest BCUT2D eigenvalue weighted by Crippen LogP contribution is -2.48. The fourth-order valence-corrected chi connectivity index (χ4v) is 7.03. The predicted molar refractivity (Wildman–Crippen MR) is 116 cm³/mol. The van der Waals surface area contributed by atoms with Crippen LogP contribution >= 0.6 is 0 Å². The highest BCUT2D eigenvalue weighted by Crippen LogP contribution is 2.63. The average Bonchev–Trinajstić information content (AvgIpc) is 2.60. The van der Waals surface area contributed by atoms with Gasteiger partial charge in [-0.25, -0.2) is 0 Å². The smallest absolute Gasteiger partial charge is 0.126 e. The number of phenols is 2. The second-order valence-electron chi connectivity index (χ2n) is 11.7. The van der Waals surface area contributed by atoms with Crippen LogP contribution in [0.1, 0.15) is 110 Å². The maximum Gasteiger partial charge on any atom is 0.126 e. The Balaban J connectivity index is 1.95. The van der Waals surface area contributed by atoms with Crippen molar-refractivity contribution >= 4 is 0 Å². The number of benzene rings is 1. The van der Waals surface area contributed by atoms with Crippen LogP contribution in [0.25, 0.3) is 0 Å². The summed E-state index contributed by atoms with van der Waals surface area (Å²) in [5.41, 5.74) is 2.77. The Bertz CT molecular complexity index is 736. The van der Waals surface area contributed by atoms with Crippen molar-refractivity contribution in [3.63, 3.8) is 0 Å².